The first kappa shape index (κ1) is 13.0. The van der Waals surface area contributed by atoms with Gasteiger partial charge in [0.2, 0.25) is 5.91 Å². The number of alkyl halides is 1. The molecule has 0 saturated heterocycles. The Labute approximate surface area is 110 Å². The molecule has 0 saturated carbocycles. The lowest BCUT2D eigenvalue weighted by molar-refractivity contribution is -0.120. The first-order chi connectivity index (χ1) is 8.65. The van der Waals surface area contributed by atoms with Gasteiger partial charge in [-0.25, -0.2) is 0 Å². The number of aliphatic hydroxyl groups is 1. The third kappa shape index (κ3) is 2.52. The summed E-state index contributed by atoms with van der Waals surface area (Å²) in [7, 11) is 1.55. The Hall–Kier alpha value is -1.46. The lowest BCUT2D eigenvalue weighted by Crippen LogP contribution is -2.46. The van der Waals surface area contributed by atoms with Gasteiger partial charge in [0.25, 0.3) is 0 Å². The van der Waals surface area contributed by atoms with Crippen LogP contribution in [-0.2, 0) is 4.79 Å². The normalized spacial score (nSPS) is 21.7. The Bertz CT molecular complexity index is 452. The van der Waals surface area contributed by atoms with Gasteiger partial charge < -0.3 is 19.9 Å². The molecule has 2 atom stereocenters. The van der Waals surface area contributed by atoms with Crippen molar-refractivity contribution in [1.82, 2.24) is 5.32 Å². The van der Waals surface area contributed by atoms with Crippen LogP contribution in [0.2, 0.25) is 0 Å². The summed E-state index contributed by atoms with van der Waals surface area (Å²) in [6.45, 7) is 0.211. The van der Waals surface area contributed by atoms with Gasteiger partial charge in [0, 0.05) is 5.56 Å². The van der Waals surface area contributed by atoms with E-state index in [1.54, 1.807) is 25.3 Å². The minimum absolute atomic E-state index is 0.145. The largest absolute Gasteiger partial charge is 0.497 e. The summed E-state index contributed by atoms with van der Waals surface area (Å²) in [5.74, 6) is 0.741. The molecule has 0 fully saturated rings. The van der Waals surface area contributed by atoms with E-state index in [2.05, 4.69) is 5.32 Å². The first-order valence-electron chi connectivity index (χ1n) is 5.50. The highest BCUT2D eigenvalue weighted by Crippen LogP contribution is 2.34. The molecule has 6 heteroatoms. The Kier molecular flexibility index (Phi) is 3.93. The number of hydrogen-bond donors (Lipinski definition) is 2. The van der Waals surface area contributed by atoms with E-state index in [1.807, 2.05) is 0 Å². The third-order valence-electron chi connectivity index (χ3n) is 2.80. The molecule has 0 aliphatic carbocycles. The smallest absolute Gasteiger partial charge is 0.235 e. The van der Waals surface area contributed by atoms with Crippen LogP contribution in [0.25, 0.3) is 0 Å². The molecule has 18 heavy (non-hydrogen) atoms. The Morgan fingerprint density at radius 1 is 1.67 bits per heavy atom. The van der Waals surface area contributed by atoms with Crippen molar-refractivity contribution in [3.8, 4) is 11.5 Å². The predicted molar refractivity (Wildman–Crippen MR) is 66.1 cm³/mol. The second-order valence-corrected chi connectivity index (χ2v) is 4.23. The summed E-state index contributed by atoms with van der Waals surface area (Å²) in [5.41, 5.74) is 0.598. The summed E-state index contributed by atoms with van der Waals surface area (Å²) >= 11 is 5.41. The predicted octanol–water partition coefficient (Wildman–Crippen LogP) is 0.845. The van der Waals surface area contributed by atoms with Crippen LogP contribution in [0, 0.1) is 0 Å². The summed E-state index contributed by atoms with van der Waals surface area (Å²) < 4.78 is 10.6. The van der Waals surface area contributed by atoms with Crippen molar-refractivity contribution in [1.29, 1.82) is 0 Å². The molecule has 1 heterocycles. The monoisotopic (exact) mass is 271 g/mol. The molecule has 1 aliphatic heterocycles. The van der Waals surface area contributed by atoms with Crippen LogP contribution >= 0.6 is 11.6 Å². The Morgan fingerprint density at radius 3 is 3.11 bits per heavy atom. The van der Waals surface area contributed by atoms with Gasteiger partial charge >= 0.3 is 0 Å². The second-order valence-electron chi connectivity index (χ2n) is 3.97. The molecule has 1 aliphatic rings. The number of carbonyl (C=O) groups excluding carboxylic acids is 1. The van der Waals surface area contributed by atoms with Crippen molar-refractivity contribution in [3.63, 3.8) is 0 Å². The molecular weight excluding hydrogens is 258 g/mol. The number of nitrogens with one attached hydrogen (secondary N) is 1. The molecule has 0 bridgehead atoms. The van der Waals surface area contributed by atoms with Crippen LogP contribution in [0.1, 0.15) is 11.7 Å². The average molecular weight is 272 g/mol. The Balaban J connectivity index is 2.20. The van der Waals surface area contributed by atoms with Gasteiger partial charge in [-0.2, -0.15) is 0 Å². The fourth-order valence-corrected chi connectivity index (χ4v) is 1.95. The number of rotatable bonds is 3. The minimum Gasteiger partial charge on any atom is -0.497 e. The molecule has 5 nitrogen and oxygen atoms in total. The molecule has 0 radical (unpaired) electrons. The fraction of sp³-hybridized carbons (Fsp3) is 0.417. The zero-order valence-electron chi connectivity index (χ0n) is 9.85. The van der Waals surface area contributed by atoms with E-state index in [9.17, 15) is 9.90 Å². The molecule has 2 unspecified atom stereocenters. The summed E-state index contributed by atoms with van der Waals surface area (Å²) in [6.07, 6.45) is -0.837. The standard InChI is InChI=1S/C12H14ClNO4/c1-17-7-2-3-10-8(4-7)12(16)9(6-18-10)14-11(15)5-13/h2-4,9,12,16H,5-6H2,1H3,(H,14,15). The Morgan fingerprint density at radius 2 is 2.44 bits per heavy atom. The van der Waals surface area contributed by atoms with Gasteiger partial charge in [0.15, 0.2) is 0 Å². The van der Waals surface area contributed by atoms with Crippen molar-refractivity contribution in [2.24, 2.45) is 0 Å². The topological polar surface area (TPSA) is 67.8 Å². The molecule has 98 valence electrons. The van der Waals surface area contributed by atoms with Crippen LogP contribution in [0.15, 0.2) is 18.2 Å². The van der Waals surface area contributed by atoms with Gasteiger partial charge in [-0.1, -0.05) is 0 Å². The van der Waals surface area contributed by atoms with Gasteiger partial charge in [-0.3, -0.25) is 4.79 Å². The third-order valence-corrected chi connectivity index (χ3v) is 3.05. The van der Waals surface area contributed by atoms with Gasteiger partial charge in [-0.15, -0.1) is 11.6 Å². The van der Waals surface area contributed by atoms with E-state index < -0.39 is 12.1 Å². The maximum absolute atomic E-state index is 11.2. The SMILES string of the molecule is COc1ccc2c(c1)C(O)C(NC(=O)CCl)CO2. The number of amides is 1. The molecular formula is C12H14ClNO4. The molecule has 1 aromatic carbocycles. The van der Waals surface area contributed by atoms with Gasteiger partial charge in [0.1, 0.15) is 30.1 Å². The van der Waals surface area contributed by atoms with Crippen molar-refractivity contribution in [2.45, 2.75) is 12.1 Å². The zero-order valence-corrected chi connectivity index (χ0v) is 10.6. The lowest BCUT2D eigenvalue weighted by Gasteiger charge is -2.30. The summed E-state index contributed by atoms with van der Waals surface area (Å²) in [4.78, 5) is 11.2. The highest BCUT2D eigenvalue weighted by molar-refractivity contribution is 6.27. The first-order valence-corrected chi connectivity index (χ1v) is 6.03. The number of methoxy groups -OCH3 is 1. The van der Waals surface area contributed by atoms with E-state index >= 15 is 0 Å². The summed E-state index contributed by atoms with van der Waals surface area (Å²) in [6, 6.07) is 4.68. The van der Waals surface area contributed by atoms with Crippen LogP contribution < -0.4 is 14.8 Å². The van der Waals surface area contributed by atoms with Crippen molar-refractivity contribution >= 4 is 17.5 Å². The minimum atomic E-state index is -0.837. The maximum Gasteiger partial charge on any atom is 0.235 e. The van der Waals surface area contributed by atoms with Crippen LogP contribution in [0.5, 0.6) is 11.5 Å². The molecule has 0 aromatic heterocycles. The van der Waals surface area contributed by atoms with E-state index in [-0.39, 0.29) is 18.4 Å². The number of carbonyl (C=O) groups is 1. The molecule has 2 N–H and O–H groups in total. The molecule has 0 spiro atoms. The van der Waals surface area contributed by atoms with Gasteiger partial charge in [0.05, 0.1) is 13.2 Å². The molecule has 2 rings (SSSR count). The van der Waals surface area contributed by atoms with Crippen LogP contribution in [0.4, 0.5) is 0 Å². The number of fused-ring (bicyclic) bond motifs is 1. The second kappa shape index (κ2) is 5.46. The van der Waals surface area contributed by atoms with Crippen molar-refractivity contribution in [3.05, 3.63) is 23.8 Å². The fourth-order valence-electron chi connectivity index (χ4n) is 1.87. The number of ether oxygens (including phenoxy) is 2. The number of aliphatic hydroxyl groups excluding tert-OH is 1. The lowest BCUT2D eigenvalue weighted by atomic mass is 9.99. The van der Waals surface area contributed by atoms with Crippen molar-refractivity contribution in [2.75, 3.05) is 19.6 Å². The summed E-state index contributed by atoms with van der Waals surface area (Å²) in [5, 5.41) is 12.8. The average Bonchev–Trinajstić information content (AvgIpc) is 2.41. The molecule has 1 amide bonds. The van der Waals surface area contributed by atoms with E-state index in [0.29, 0.717) is 17.1 Å². The van der Waals surface area contributed by atoms with E-state index in [4.69, 9.17) is 21.1 Å². The van der Waals surface area contributed by atoms with E-state index in [0.717, 1.165) is 0 Å². The quantitative estimate of drug-likeness (QED) is 0.800. The van der Waals surface area contributed by atoms with Gasteiger partial charge in [-0.05, 0) is 18.2 Å². The number of benzene rings is 1. The van der Waals surface area contributed by atoms with Crippen molar-refractivity contribution < 1.29 is 19.4 Å². The number of halogens is 1. The zero-order chi connectivity index (χ0) is 13.1. The molecule has 1 aromatic rings. The number of hydrogen-bond acceptors (Lipinski definition) is 4. The van der Waals surface area contributed by atoms with Crippen LogP contribution in [-0.4, -0.2) is 36.7 Å². The van der Waals surface area contributed by atoms with E-state index in [1.165, 1.54) is 0 Å². The van der Waals surface area contributed by atoms with Crippen LogP contribution in [0.3, 0.4) is 0 Å². The highest BCUT2D eigenvalue weighted by Gasteiger charge is 2.30. The highest BCUT2D eigenvalue weighted by atomic mass is 35.5. The maximum atomic E-state index is 11.2.